The molecule has 0 atom stereocenters. The van der Waals surface area contributed by atoms with E-state index < -0.39 is 5.82 Å². The molecular weight excluding hydrogens is 367 g/mol. The van der Waals surface area contributed by atoms with Crippen LogP contribution >= 0.6 is 11.6 Å². The molecule has 0 fully saturated rings. The van der Waals surface area contributed by atoms with Crippen LogP contribution in [0.2, 0.25) is 5.02 Å². The van der Waals surface area contributed by atoms with Crippen molar-refractivity contribution in [3.8, 4) is 0 Å². The fourth-order valence-corrected chi connectivity index (χ4v) is 2.60. The van der Waals surface area contributed by atoms with Crippen LogP contribution in [0.15, 0.2) is 60.9 Å². The summed E-state index contributed by atoms with van der Waals surface area (Å²) in [6.07, 6.45) is 3.05. The molecule has 27 heavy (non-hydrogen) atoms. The molecule has 3 aromatic rings. The van der Waals surface area contributed by atoms with Gasteiger partial charge in [-0.25, -0.2) is 4.39 Å². The zero-order valence-corrected chi connectivity index (χ0v) is 15.6. The highest BCUT2D eigenvalue weighted by atomic mass is 35.5. The minimum absolute atomic E-state index is 0.0167. The lowest BCUT2D eigenvalue weighted by molar-refractivity contribution is 0.102. The van der Waals surface area contributed by atoms with E-state index >= 15 is 0 Å². The molecule has 0 bridgehead atoms. The summed E-state index contributed by atoms with van der Waals surface area (Å²) in [6, 6.07) is 13.5. The van der Waals surface area contributed by atoms with E-state index in [4.69, 9.17) is 11.6 Å². The Morgan fingerprint density at radius 3 is 2.37 bits per heavy atom. The summed E-state index contributed by atoms with van der Waals surface area (Å²) < 4.78 is 13.3. The number of pyridine rings is 1. The first-order valence-electron chi connectivity index (χ1n) is 8.18. The van der Waals surface area contributed by atoms with Crippen molar-refractivity contribution in [3.05, 3.63) is 77.3 Å². The highest BCUT2D eigenvalue weighted by molar-refractivity contribution is 6.31. The molecule has 5 nitrogen and oxygen atoms in total. The Hall–Kier alpha value is -3.12. The maximum atomic E-state index is 13.3. The van der Waals surface area contributed by atoms with Gasteiger partial charge in [0.25, 0.3) is 5.91 Å². The number of nitrogens with one attached hydrogen (secondary N) is 2. The fraction of sp³-hybridized carbons (Fsp3) is 0.100. The quantitative estimate of drug-likeness (QED) is 0.654. The van der Waals surface area contributed by atoms with Crippen LogP contribution in [-0.4, -0.2) is 25.0 Å². The second-order valence-corrected chi connectivity index (χ2v) is 6.52. The number of benzene rings is 2. The van der Waals surface area contributed by atoms with Gasteiger partial charge in [-0.05, 0) is 48.5 Å². The molecule has 0 aliphatic carbocycles. The number of carbonyl (C=O) groups is 1. The van der Waals surface area contributed by atoms with Crippen molar-refractivity contribution in [3.63, 3.8) is 0 Å². The SMILES string of the molecule is CN(C)c1ccc(NC(=O)c2cncc(Nc3ccc(F)c(Cl)c3)c2)cc1. The van der Waals surface area contributed by atoms with E-state index in [0.717, 1.165) is 5.69 Å². The van der Waals surface area contributed by atoms with E-state index in [1.54, 1.807) is 18.3 Å². The Labute approximate surface area is 161 Å². The van der Waals surface area contributed by atoms with Gasteiger partial charge in [0, 0.05) is 37.4 Å². The van der Waals surface area contributed by atoms with Crippen LogP contribution in [-0.2, 0) is 0 Å². The molecule has 0 radical (unpaired) electrons. The Balaban J connectivity index is 1.72. The predicted octanol–water partition coefficient (Wildman–Crippen LogP) is 4.94. The number of rotatable bonds is 5. The van der Waals surface area contributed by atoms with E-state index in [2.05, 4.69) is 15.6 Å². The lowest BCUT2D eigenvalue weighted by Crippen LogP contribution is -2.13. The maximum absolute atomic E-state index is 13.3. The maximum Gasteiger partial charge on any atom is 0.257 e. The Kier molecular flexibility index (Phi) is 5.57. The van der Waals surface area contributed by atoms with Gasteiger partial charge >= 0.3 is 0 Å². The first-order valence-corrected chi connectivity index (χ1v) is 8.56. The molecule has 1 heterocycles. The van der Waals surface area contributed by atoms with Crippen molar-refractivity contribution < 1.29 is 9.18 Å². The van der Waals surface area contributed by atoms with Gasteiger partial charge in [-0.3, -0.25) is 9.78 Å². The van der Waals surface area contributed by atoms with Crippen LogP contribution in [0.5, 0.6) is 0 Å². The number of aromatic nitrogens is 1. The molecule has 0 aliphatic heterocycles. The molecular formula is C20H18ClFN4O. The second kappa shape index (κ2) is 8.05. The third-order valence-electron chi connectivity index (χ3n) is 3.85. The third-order valence-corrected chi connectivity index (χ3v) is 4.14. The van der Waals surface area contributed by atoms with Crippen molar-refractivity contribution in [2.75, 3.05) is 29.6 Å². The smallest absolute Gasteiger partial charge is 0.257 e. The van der Waals surface area contributed by atoms with Crippen LogP contribution in [0.25, 0.3) is 0 Å². The molecule has 1 amide bonds. The molecule has 0 aliphatic rings. The van der Waals surface area contributed by atoms with Gasteiger partial charge in [-0.1, -0.05) is 11.6 Å². The first kappa shape index (κ1) is 18.7. The molecule has 138 valence electrons. The predicted molar refractivity (Wildman–Crippen MR) is 108 cm³/mol. The molecule has 0 saturated heterocycles. The van der Waals surface area contributed by atoms with E-state index in [1.807, 2.05) is 43.3 Å². The zero-order chi connectivity index (χ0) is 19.4. The van der Waals surface area contributed by atoms with Crippen LogP contribution < -0.4 is 15.5 Å². The van der Waals surface area contributed by atoms with Crippen molar-refractivity contribution in [2.45, 2.75) is 0 Å². The second-order valence-electron chi connectivity index (χ2n) is 6.11. The number of anilines is 4. The Morgan fingerprint density at radius 1 is 1.00 bits per heavy atom. The summed E-state index contributed by atoms with van der Waals surface area (Å²) in [7, 11) is 3.90. The van der Waals surface area contributed by atoms with E-state index in [9.17, 15) is 9.18 Å². The minimum atomic E-state index is -0.492. The van der Waals surface area contributed by atoms with Crippen molar-refractivity contribution in [1.82, 2.24) is 4.98 Å². The zero-order valence-electron chi connectivity index (χ0n) is 14.8. The first-order chi connectivity index (χ1) is 12.9. The molecule has 0 saturated carbocycles. The summed E-state index contributed by atoms with van der Waals surface area (Å²) in [4.78, 5) is 18.5. The van der Waals surface area contributed by atoms with Gasteiger partial charge < -0.3 is 15.5 Å². The number of halogens is 2. The summed E-state index contributed by atoms with van der Waals surface area (Å²) in [5.41, 5.74) is 3.31. The van der Waals surface area contributed by atoms with E-state index in [-0.39, 0.29) is 10.9 Å². The van der Waals surface area contributed by atoms with Gasteiger partial charge in [-0.2, -0.15) is 0 Å². The number of hydrogen-bond acceptors (Lipinski definition) is 4. The van der Waals surface area contributed by atoms with Gasteiger partial charge in [-0.15, -0.1) is 0 Å². The summed E-state index contributed by atoms with van der Waals surface area (Å²) in [6.45, 7) is 0. The van der Waals surface area contributed by atoms with Crippen molar-refractivity contribution in [1.29, 1.82) is 0 Å². The summed E-state index contributed by atoms with van der Waals surface area (Å²) in [5, 5.41) is 5.90. The summed E-state index contributed by atoms with van der Waals surface area (Å²) in [5.74, 6) is -0.769. The number of hydrogen-bond donors (Lipinski definition) is 2. The molecule has 0 spiro atoms. The molecule has 7 heteroatoms. The van der Waals surface area contributed by atoms with Gasteiger partial charge in [0.2, 0.25) is 0 Å². The van der Waals surface area contributed by atoms with Gasteiger partial charge in [0.05, 0.1) is 22.5 Å². The molecule has 2 N–H and O–H groups in total. The molecule has 1 aromatic heterocycles. The van der Waals surface area contributed by atoms with Crippen LogP contribution in [0, 0.1) is 5.82 Å². The molecule has 2 aromatic carbocycles. The standard InChI is InChI=1S/C20H18ClFN4O/c1-26(2)17-6-3-14(4-7-17)25-20(27)13-9-16(12-23-11-13)24-15-5-8-19(22)18(21)10-15/h3-12,24H,1-2H3,(H,25,27). The monoisotopic (exact) mass is 384 g/mol. The van der Waals surface area contributed by atoms with Gasteiger partial charge in [0.1, 0.15) is 5.82 Å². The molecule has 0 unspecified atom stereocenters. The summed E-state index contributed by atoms with van der Waals surface area (Å²) >= 11 is 5.78. The Morgan fingerprint density at radius 2 is 1.70 bits per heavy atom. The van der Waals surface area contributed by atoms with Crippen molar-refractivity contribution >= 4 is 40.3 Å². The largest absolute Gasteiger partial charge is 0.378 e. The van der Waals surface area contributed by atoms with Crippen LogP contribution in [0.1, 0.15) is 10.4 Å². The van der Waals surface area contributed by atoms with Crippen molar-refractivity contribution in [2.24, 2.45) is 0 Å². The average Bonchev–Trinajstić information content (AvgIpc) is 2.65. The average molecular weight is 385 g/mol. The third kappa shape index (κ3) is 4.74. The lowest BCUT2D eigenvalue weighted by Gasteiger charge is -2.13. The van der Waals surface area contributed by atoms with E-state index in [0.29, 0.717) is 22.6 Å². The lowest BCUT2D eigenvalue weighted by atomic mass is 10.2. The molecule has 3 rings (SSSR count). The minimum Gasteiger partial charge on any atom is -0.378 e. The number of amides is 1. The highest BCUT2D eigenvalue weighted by Gasteiger charge is 2.09. The van der Waals surface area contributed by atoms with Crippen LogP contribution in [0.4, 0.5) is 27.1 Å². The van der Waals surface area contributed by atoms with E-state index in [1.165, 1.54) is 18.3 Å². The number of nitrogens with zero attached hydrogens (tertiary/aromatic N) is 2. The Bertz CT molecular complexity index is 960. The van der Waals surface area contributed by atoms with Gasteiger partial charge in [0.15, 0.2) is 0 Å². The normalized spacial score (nSPS) is 10.4. The highest BCUT2D eigenvalue weighted by Crippen LogP contribution is 2.23. The fourth-order valence-electron chi connectivity index (χ4n) is 2.42. The number of carbonyl (C=O) groups excluding carboxylic acids is 1. The van der Waals surface area contributed by atoms with Crippen LogP contribution in [0.3, 0.4) is 0 Å². The topological polar surface area (TPSA) is 57.3 Å².